The van der Waals surface area contributed by atoms with Gasteiger partial charge in [0.25, 0.3) is 0 Å². The minimum atomic E-state index is -0.112. The molecule has 6 heteroatoms. The summed E-state index contributed by atoms with van der Waals surface area (Å²) in [6.45, 7) is 4.79. The van der Waals surface area contributed by atoms with E-state index in [-0.39, 0.29) is 6.03 Å². The fraction of sp³-hybridized carbons (Fsp3) is 0.400. The van der Waals surface area contributed by atoms with Gasteiger partial charge in [0.1, 0.15) is 5.76 Å². The molecule has 0 aromatic carbocycles. The zero-order chi connectivity index (χ0) is 15.2. The van der Waals surface area contributed by atoms with E-state index in [1.54, 1.807) is 24.3 Å². The lowest BCUT2D eigenvalue weighted by atomic mass is 10.2. The van der Waals surface area contributed by atoms with Gasteiger partial charge in [-0.15, -0.1) is 0 Å². The number of pyridine rings is 1. The summed E-state index contributed by atoms with van der Waals surface area (Å²) in [5.74, 6) is 0.752. The Morgan fingerprint density at radius 2 is 2.24 bits per heavy atom. The maximum absolute atomic E-state index is 12.0. The standard InChI is InChI=1S/C15H20N4O2/c1-11-14(12(2)21-18-11)10-19(3)15(20)17-8-6-13-5-4-7-16-9-13/h4-5,7,9H,6,8,10H2,1-3H3,(H,17,20). The molecule has 0 atom stereocenters. The van der Waals surface area contributed by atoms with Gasteiger partial charge in [0.2, 0.25) is 0 Å². The quantitative estimate of drug-likeness (QED) is 0.914. The van der Waals surface area contributed by atoms with E-state index in [1.165, 1.54) is 0 Å². The van der Waals surface area contributed by atoms with Crippen LogP contribution in [0.1, 0.15) is 22.6 Å². The number of aryl methyl sites for hydroxylation is 2. The van der Waals surface area contributed by atoms with E-state index < -0.39 is 0 Å². The number of nitrogens with zero attached hydrogens (tertiary/aromatic N) is 3. The maximum Gasteiger partial charge on any atom is 0.317 e. The van der Waals surface area contributed by atoms with E-state index in [2.05, 4.69) is 15.5 Å². The summed E-state index contributed by atoms with van der Waals surface area (Å²) in [4.78, 5) is 17.7. The lowest BCUT2D eigenvalue weighted by molar-refractivity contribution is 0.207. The first-order valence-corrected chi connectivity index (χ1v) is 6.87. The molecule has 0 fully saturated rings. The molecule has 0 spiro atoms. The molecule has 2 heterocycles. The summed E-state index contributed by atoms with van der Waals surface area (Å²) in [6, 6.07) is 3.77. The van der Waals surface area contributed by atoms with E-state index in [0.717, 1.165) is 29.0 Å². The third-order valence-corrected chi connectivity index (χ3v) is 3.34. The molecule has 112 valence electrons. The minimum Gasteiger partial charge on any atom is -0.361 e. The fourth-order valence-corrected chi connectivity index (χ4v) is 2.03. The number of rotatable bonds is 5. The van der Waals surface area contributed by atoms with E-state index in [0.29, 0.717) is 13.1 Å². The average molecular weight is 288 g/mol. The predicted molar refractivity (Wildman–Crippen MR) is 78.8 cm³/mol. The molecule has 1 N–H and O–H groups in total. The zero-order valence-corrected chi connectivity index (χ0v) is 12.6. The second-order valence-electron chi connectivity index (χ2n) is 5.00. The van der Waals surface area contributed by atoms with Gasteiger partial charge in [0.15, 0.2) is 0 Å². The Morgan fingerprint density at radius 3 is 2.86 bits per heavy atom. The lowest BCUT2D eigenvalue weighted by Gasteiger charge is -2.17. The van der Waals surface area contributed by atoms with Gasteiger partial charge in [-0.3, -0.25) is 4.98 Å². The highest BCUT2D eigenvalue weighted by Crippen LogP contribution is 2.14. The Labute approximate surface area is 124 Å². The Bertz CT molecular complexity index is 575. The van der Waals surface area contributed by atoms with Crippen molar-refractivity contribution >= 4 is 6.03 Å². The van der Waals surface area contributed by atoms with Gasteiger partial charge >= 0.3 is 6.03 Å². The van der Waals surface area contributed by atoms with Gasteiger partial charge < -0.3 is 14.7 Å². The molecule has 0 aliphatic heterocycles. The van der Waals surface area contributed by atoms with Gasteiger partial charge in [-0.25, -0.2) is 4.79 Å². The number of aromatic nitrogens is 2. The van der Waals surface area contributed by atoms with Crippen LogP contribution in [0.3, 0.4) is 0 Å². The monoisotopic (exact) mass is 288 g/mol. The van der Waals surface area contributed by atoms with Crippen LogP contribution in [0, 0.1) is 13.8 Å². The Kier molecular flexibility index (Phi) is 4.92. The SMILES string of the molecule is Cc1noc(C)c1CN(C)C(=O)NCCc1cccnc1. The second-order valence-corrected chi connectivity index (χ2v) is 5.00. The summed E-state index contributed by atoms with van der Waals surface area (Å²) in [5, 5.41) is 6.78. The van der Waals surface area contributed by atoms with E-state index >= 15 is 0 Å². The number of carbonyl (C=O) groups excluding carboxylic acids is 1. The molecular weight excluding hydrogens is 268 g/mol. The zero-order valence-electron chi connectivity index (χ0n) is 12.6. The summed E-state index contributed by atoms with van der Waals surface area (Å²) >= 11 is 0. The molecule has 0 aliphatic carbocycles. The van der Waals surface area contributed by atoms with Gasteiger partial charge in [0.05, 0.1) is 12.2 Å². The molecule has 2 amide bonds. The van der Waals surface area contributed by atoms with Crippen LogP contribution >= 0.6 is 0 Å². The number of carbonyl (C=O) groups is 1. The Hall–Kier alpha value is -2.37. The van der Waals surface area contributed by atoms with E-state index in [1.807, 2.05) is 26.0 Å². The normalized spacial score (nSPS) is 10.4. The number of urea groups is 1. The topological polar surface area (TPSA) is 71.3 Å². The number of nitrogens with one attached hydrogen (secondary N) is 1. The molecule has 0 saturated carbocycles. The first kappa shape index (κ1) is 15.0. The van der Waals surface area contributed by atoms with E-state index in [9.17, 15) is 4.79 Å². The van der Waals surface area contributed by atoms with Crippen LogP contribution in [0.2, 0.25) is 0 Å². The number of hydrogen-bond donors (Lipinski definition) is 1. The molecule has 0 unspecified atom stereocenters. The molecule has 0 aliphatic rings. The first-order valence-electron chi connectivity index (χ1n) is 6.87. The van der Waals surface area contributed by atoms with Crippen molar-refractivity contribution < 1.29 is 9.32 Å². The summed E-state index contributed by atoms with van der Waals surface area (Å²) < 4.78 is 5.10. The second kappa shape index (κ2) is 6.88. The molecule has 0 saturated heterocycles. The highest BCUT2D eigenvalue weighted by atomic mass is 16.5. The molecule has 21 heavy (non-hydrogen) atoms. The Morgan fingerprint density at radius 1 is 1.43 bits per heavy atom. The highest BCUT2D eigenvalue weighted by Gasteiger charge is 2.14. The van der Waals surface area contributed by atoms with Crippen LogP contribution in [-0.4, -0.2) is 34.7 Å². The molecule has 6 nitrogen and oxygen atoms in total. The molecule has 0 bridgehead atoms. The van der Waals surface area contributed by atoms with Crippen molar-refractivity contribution in [1.29, 1.82) is 0 Å². The summed E-state index contributed by atoms with van der Waals surface area (Å²) in [7, 11) is 1.76. The van der Waals surface area contributed by atoms with Crippen LogP contribution in [-0.2, 0) is 13.0 Å². The van der Waals surface area contributed by atoms with Crippen molar-refractivity contribution in [1.82, 2.24) is 20.4 Å². The molecule has 2 aromatic heterocycles. The third-order valence-electron chi connectivity index (χ3n) is 3.34. The first-order chi connectivity index (χ1) is 10.1. The molecular formula is C15H20N4O2. The van der Waals surface area contributed by atoms with Gasteiger partial charge in [0, 0.05) is 31.5 Å². The predicted octanol–water partition coefficient (Wildman–Crippen LogP) is 2.07. The van der Waals surface area contributed by atoms with Gasteiger partial charge in [-0.05, 0) is 31.9 Å². The largest absolute Gasteiger partial charge is 0.361 e. The van der Waals surface area contributed by atoms with Crippen molar-refractivity contribution in [3.63, 3.8) is 0 Å². The number of amides is 2. The van der Waals surface area contributed by atoms with Crippen molar-refractivity contribution in [2.24, 2.45) is 0 Å². The Balaban J connectivity index is 1.80. The lowest BCUT2D eigenvalue weighted by Crippen LogP contribution is -2.38. The highest BCUT2D eigenvalue weighted by molar-refractivity contribution is 5.73. The van der Waals surface area contributed by atoms with Crippen LogP contribution in [0.15, 0.2) is 29.0 Å². The van der Waals surface area contributed by atoms with Crippen LogP contribution in [0.5, 0.6) is 0 Å². The van der Waals surface area contributed by atoms with Crippen molar-refractivity contribution in [2.45, 2.75) is 26.8 Å². The average Bonchev–Trinajstić information content (AvgIpc) is 2.80. The molecule has 0 radical (unpaired) electrons. The third kappa shape index (κ3) is 4.05. The molecule has 2 aromatic rings. The van der Waals surface area contributed by atoms with Crippen molar-refractivity contribution in [3.05, 3.63) is 47.1 Å². The summed E-state index contributed by atoms with van der Waals surface area (Å²) in [5.41, 5.74) is 2.88. The fourth-order valence-electron chi connectivity index (χ4n) is 2.03. The van der Waals surface area contributed by atoms with Crippen LogP contribution in [0.4, 0.5) is 4.79 Å². The van der Waals surface area contributed by atoms with Gasteiger partial charge in [-0.2, -0.15) is 0 Å². The van der Waals surface area contributed by atoms with Crippen LogP contribution in [0.25, 0.3) is 0 Å². The maximum atomic E-state index is 12.0. The minimum absolute atomic E-state index is 0.112. The van der Waals surface area contributed by atoms with Crippen molar-refractivity contribution in [3.8, 4) is 0 Å². The molecule has 2 rings (SSSR count). The van der Waals surface area contributed by atoms with Crippen LogP contribution < -0.4 is 5.32 Å². The van der Waals surface area contributed by atoms with Crippen molar-refractivity contribution in [2.75, 3.05) is 13.6 Å². The number of hydrogen-bond acceptors (Lipinski definition) is 4. The van der Waals surface area contributed by atoms with Gasteiger partial charge in [-0.1, -0.05) is 11.2 Å². The van der Waals surface area contributed by atoms with E-state index in [4.69, 9.17) is 4.52 Å². The summed E-state index contributed by atoms with van der Waals surface area (Å²) in [6.07, 6.45) is 4.30. The smallest absolute Gasteiger partial charge is 0.317 e.